The van der Waals surface area contributed by atoms with Gasteiger partial charge in [0.05, 0.1) is 19.0 Å². The van der Waals surface area contributed by atoms with Gasteiger partial charge in [0.1, 0.15) is 11.9 Å². The molecule has 1 atom stereocenters. The maximum absolute atomic E-state index is 11.6. The van der Waals surface area contributed by atoms with Gasteiger partial charge < -0.3 is 15.0 Å². The van der Waals surface area contributed by atoms with Crippen LogP contribution < -0.4 is 10.1 Å². The molecule has 0 saturated carbocycles. The second-order valence-electron chi connectivity index (χ2n) is 3.77. The second kappa shape index (κ2) is 6.03. The number of hydrogen-bond donors (Lipinski definition) is 1. The lowest BCUT2D eigenvalue weighted by Gasteiger charge is -2.18. The van der Waals surface area contributed by atoms with Crippen LogP contribution in [0.1, 0.15) is 13.8 Å². The molecule has 0 fully saturated rings. The van der Waals surface area contributed by atoms with Gasteiger partial charge in [0.15, 0.2) is 0 Å². The van der Waals surface area contributed by atoms with Gasteiger partial charge in [-0.2, -0.15) is 4.98 Å². The van der Waals surface area contributed by atoms with Crippen LogP contribution in [0.25, 0.3) is 0 Å². The van der Waals surface area contributed by atoms with E-state index in [0.717, 1.165) is 0 Å². The molecule has 1 rings (SSSR count). The molecule has 0 radical (unpaired) electrons. The molecule has 1 aromatic heterocycles. The monoisotopic (exact) mass is 238 g/mol. The van der Waals surface area contributed by atoms with E-state index in [1.807, 2.05) is 6.92 Å². The molecule has 0 aliphatic carbocycles. The highest BCUT2D eigenvalue weighted by molar-refractivity contribution is 5.83. The number of aromatic nitrogens is 2. The molecule has 0 saturated heterocycles. The Morgan fingerprint density at radius 3 is 2.82 bits per heavy atom. The molecular weight excluding hydrogens is 220 g/mol. The third-order valence-electron chi connectivity index (χ3n) is 2.08. The molecular formula is C11H18N4O2. The van der Waals surface area contributed by atoms with Gasteiger partial charge in [0.2, 0.25) is 11.8 Å². The van der Waals surface area contributed by atoms with E-state index in [2.05, 4.69) is 15.3 Å². The number of likely N-dealkylation sites (N-methyl/N-ethyl adjacent to an activating group) is 1. The van der Waals surface area contributed by atoms with Crippen molar-refractivity contribution < 1.29 is 9.53 Å². The summed E-state index contributed by atoms with van der Waals surface area (Å²) in [6.45, 7) is 4.18. The van der Waals surface area contributed by atoms with E-state index >= 15 is 0 Å². The Balaban J connectivity index is 2.68. The van der Waals surface area contributed by atoms with E-state index in [-0.39, 0.29) is 11.9 Å². The summed E-state index contributed by atoms with van der Waals surface area (Å²) < 4.78 is 5.23. The highest BCUT2D eigenvalue weighted by atomic mass is 16.5. The number of nitrogens with zero attached hydrogens (tertiary/aromatic N) is 3. The molecule has 0 spiro atoms. The van der Waals surface area contributed by atoms with Crippen LogP contribution in [0.15, 0.2) is 12.4 Å². The number of amides is 1. The first kappa shape index (κ1) is 13.2. The van der Waals surface area contributed by atoms with Gasteiger partial charge in [0, 0.05) is 14.1 Å². The lowest BCUT2D eigenvalue weighted by molar-refractivity contribution is -0.129. The highest BCUT2D eigenvalue weighted by Gasteiger charge is 2.15. The van der Waals surface area contributed by atoms with Crippen molar-refractivity contribution in [2.24, 2.45) is 0 Å². The van der Waals surface area contributed by atoms with Crippen LogP contribution in [-0.4, -0.2) is 47.5 Å². The third-order valence-corrected chi connectivity index (χ3v) is 2.08. The molecule has 0 aliphatic rings. The van der Waals surface area contributed by atoms with Crippen molar-refractivity contribution in [2.45, 2.75) is 19.9 Å². The van der Waals surface area contributed by atoms with Crippen LogP contribution in [-0.2, 0) is 4.79 Å². The molecule has 1 amide bonds. The molecule has 0 aliphatic heterocycles. The van der Waals surface area contributed by atoms with E-state index in [4.69, 9.17) is 4.74 Å². The average molecular weight is 238 g/mol. The Morgan fingerprint density at radius 2 is 2.24 bits per heavy atom. The summed E-state index contributed by atoms with van der Waals surface area (Å²) in [6.07, 6.45) is 3.09. The number of ether oxygens (including phenoxy) is 1. The van der Waals surface area contributed by atoms with Crippen molar-refractivity contribution >= 4 is 11.7 Å². The molecule has 6 heteroatoms. The van der Waals surface area contributed by atoms with Gasteiger partial charge in [-0.25, -0.2) is 0 Å². The Morgan fingerprint density at radius 1 is 1.53 bits per heavy atom. The molecule has 0 aromatic carbocycles. The third kappa shape index (κ3) is 3.90. The summed E-state index contributed by atoms with van der Waals surface area (Å²) >= 11 is 0. The van der Waals surface area contributed by atoms with Crippen LogP contribution >= 0.6 is 0 Å². The zero-order valence-electron chi connectivity index (χ0n) is 10.6. The summed E-state index contributed by atoms with van der Waals surface area (Å²) in [4.78, 5) is 21.3. The molecule has 17 heavy (non-hydrogen) atoms. The number of carbonyl (C=O) groups is 1. The lowest BCUT2D eigenvalue weighted by Crippen LogP contribution is -2.36. The molecule has 1 aromatic rings. The zero-order chi connectivity index (χ0) is 12.8. The highest BCUT2D eigenvalue weighted by Crippen LogP contribution is 2.10. The van der Waals surface area contributed by atoms with Gasteiger partial charge >= 0.3 is 0 Å². The quantitative estimate of drug-likeness (QED) is 0.820. The number of rotatable bonds is 5. The number of nitrogens with one attached hydrogen (secondary N) is 1. The Hall–Kier alpha value is -1.85. The molecule has 94 valence electrons. The summed E-state index contributed by atoms with van der Waals surface area (Å²) in [5.74, 6) is 0.953. The fourth-order valence-electron chi connectivity index (χ4n) is 1.31. The summed E-state index contributed by atoms with van der Waals surface area (Å²) in [5, 5.41) is 2.98. The maximum Gasteiger partial charge on any atom is 0.244 e. The second-order valence-corrected chi connectivity index (χ2v) is 3.77. The van der Waals surface area contributed by atoms with Crippen molar-refractivity contribution in [1.82, 2.24) is 14.9 Å². The SMILES string of the molecule is CCOc1cncc(N[C@@H](C)C(=O)N(C)C)n1. The van der Waals surface area contributed by atoms with Crippen molar-refractivity contribution in [3.63, 3.8) is 0 Å². The Kier molecular flexibility index (Phi) is 4.68. The van der Waals surface area contributed by atoms with E-state index in [0.29, 0.717) is 18.3 Å². The largest absolute Gasteiger partial charge is 0.477 e. The van der Waals surface area contributed by atoms with Gasteiger partial charge in [-0.15, -0.1) is 0 Å². The summed E-state index contributed by atoms with van der Waals surface area (Å²) in [7, 11) is 3.42. The molecule has 1 N–H and O–H groups in total. The number of anilines is 1. The maximum atomic E-state index is 11.6. The predicted octanol–water partition coefficient (Wildman–Crippen LogP) is 0.764. The minimum Gasteiger partial charge on any atom is -0.477 e. The van der Waals surface area contributed by atoms with Crippen LogP contribution in [0.2, 0.25) is 0 Å². The standard InChI is InChI=1S/C11H18N4O2/c1-5-17-10-7-12-6-9(14-10)13-8(2)11(16)15(3)4/h6-8H,5H2,1-4H3,(H,13,14)/t8-/m0/s1. The first-order valence-electron chi connectivity index (χ1n) is 5.47. The van der Waals surface area contributed by atoms with Crippen LogP contribution in [0.4, 0.5) is 5.82 Å². The van der Waals surface area contributed by atoms with E-state index in [1.54, 1.807) is 27.2 Å². The number of carbonyl (C=O) groups excluding carboxylic acids is 1. The van der Waals surface area contributed by atoms with Crippen molar-refractivity contribution in [3.05, 3.63) is 12.4 Å². The average Bonchev–Trinajstić information content (AvgIpc) is 2.28. The van der Waals surface area contributed by atoms with E-state index in [1.165, 1.54) is 11.1 Å². The molecule has 0 bridgehead atoms. The topological polar surface area (TPSA) is 67.3 Å². The van der Waals surface area contributed by atoms with Crippen LogP contribution in [0.3, 0.4) is 0 Å². The lowest BCUT2D eigenvalue weighted by atomic mass is 10.3. The Bertz CT molecular complexity index is 381. The van der Waals surface area contributed by atoms with E-state index < -0.39 is 0 Å². The van der Waals surface area contributed by atoms with Gasteiger partial charge in [-0.1, -0.05) is 0 Å². The Labute approximate surface area is 101 Å². The zero-order valence-corrected chi connectivity index (χ0v) is 10.6. The van der Waals surface area contributed by atoms with Gasteiger partial charge in [-0.05, 0) is 13.8 Å². The van der Waals surface area contributed by atoms with Crippen molar-refractivity contribution in [3.8, 4) is 5.88 Å². The van der Waals surface area contributed by atoms with Crippen molar-refractivity contribution in [1.29, 1.82) is 0 Å². The van der Waals surface area contributed by atoms with Crippen LogP contribution in [0, 0.1) is 0 Å². The van der Waals surface area contributed by atoms with E-state index in [9.17, 15) is 4.79 Å². The molecule has 6 nitrogen and oxygen atoms in total. The van der Waals surface area contributed by atoms with Gasteiger partial charge in [0.25, 0.3) is 0 Å². The molecule has 0 unspecified atom stereocenters. The summed E-state index contributed by atoms with van der Waals surface area (Å²) in [5.41, 5.74) is 0. The summed E-state index contributed by atoms with van der Waals surface area (Å²) in [6, 6.07) is -0.351. The fraction of sp³-hybridized carbons (Fsp3) is 0.545. The predicted molar refractivity (Wildman–Crippen MR) is 65.0 cm³/mol. The fourth-order valence-corrected chi connectivity index (χ4v) is 1.31. The minimum atomic E-state index is -0.351. The normalized spacial score (nSPS) is 11.8. The first-order valence-corrected chi connectivity index (χ1v) is 5.47. The first-order chi connectivity index (χ1) is 8.04. The minimum absolute atomic E-state index is 0.0198. The van der Waals surface area contributed by atoms with Gasteiger partial charge in [-0.3, -0.25) is 9.78 Å². The molecule has 1 heterocycles. The van der Waals surface area contributed by atoms with Crippen molar-refractivity contribution in [2.75, 3.05) is 26.0 Å². The van der Waals surface area contributed by atoms with Crippen LogP contribution in [0.5, 0.6) is 5.88 Å². The number of hydrogen-bond acceptors (Lipinski definition) is 5. The smallest absolute Gasteiger partial charge is 0.244 e.